The van der Waals surface area contributed by atoms with Crippen molar-refractivity contribution < 1.29 is 17.9 Å². The molecule has 2 heterocycles. The molecule has 1 saturated heterocycles. The van der Waals surface area contributed by atoms with E-state index in [9.17, 15) is 8.42 Å². The van der Waals surface area contributed by atoms with Crippen molar-refractivity contribution in [1.29, 1.82) is 0 Å². The van der Waals surface area contributed by atoms with Crippen molar-refractivity contribution >= 4 is 27.7 Å². The molecule has 0 unspecified atom stereocenters. The average molecular weight is 458 g/mol. The number of aliphatic imine (C=N–C) groups is 1. The van der Waals surface area contributed by atoms with E-state index < -0.39 is 10.0 Å². The highest BCUT2D eigenvalue weighted by Gasteiger charge is 2.22. The zero-order valence-electron chi connectivity index (χ0n) is 17.6. The normalized spacial score (nSPS) is 18.4. The van der Waals surface area contributed by atoms with Crippen molar-refractivity contribution in [2.75, 3.05) is 18.5 Å². The summed E-state index contributed by atoms with van der Waals surface area (Å²) < 4.78 is 34.4. The highest BCUT2D eigenvalue weighted by molar-refractivity contribution is 7.89. The first-order valence-corrected chi connectivity index (χ1v) is 12.1. The molecule has 32 heavy (non-hydrogen) atoms. The Morgan fingerprint density at radius 2 is 1.88 bits per heavy atom. The molecule has 0 amide bonds. The van der Waals surface area contributed by atoms with Crippen LogP contribution in [0.5, 0.6) is 5.75 Å². The standard InChI is InChI=1S/C22H27N5O4S/c23-22(15-8-11-30-12-9-15)20(14-26-16-1-2-16)31-18-7-10-25-21(13-18)27-17-3-5-19(6-4-17)32(24,28)29/h3-7,10,13-16H,1-2,8-9,11-12,23H2,(H,25,27)(H2,24,28,29). The highest BCUT2D eigenvalue weighted by Crippen LogP contribution is 2.27. The van der Waals surface area contributed by atoms with Crippen molar-refractivity contribution in [3.8, 4) is 5.75 Å². The number of allylic oxidation sites excluding steroid dienone is 2. The molecule has 1 aromatic carbocycles. The van der Waals surface area contributed by atoms with E-state index in [4.69, 9.17) is 20.3 Å². The minimum atomic E-state index is -3.74. The number of ether oxygens (including phenoxy) is 2. The Hall–Kier alpha value is -2.95. The number of nitrogens with zero attached hydrogens (tertiary/aromatic N) is 2. The second-order valence-electron chi connectivity index (χ2n) is 7.89. The lowest BCUT2D eigenvalue weighted by atomic mass is 9.96. The van der Waals surface area contributed by atoms with Crippen LogP contribution >= 0.6 is 0 Å². The van der Waals surface area contributed by atoms with Crippen LogP contribution in [-0.4, -0.2) is 38.9 Å². The fraction of sp³-hybridized carbons (Fsp3) is 0.364. The molecular formula is C22H27N5O4S. The van der Waals surface area contributed by atoms with E-state index in [1.54, 1.807) is 36.7 Å². The van der Waals surface area contributed by atoms with E-state index in [0.717, 1.165) is 25.7 Å². The quantitative estimate of drug-likeness (QED) is 0.409. The third-order valence-electron chi connectivity index (χ3n) is 5.31. The molecule has 1 aliphatic heterocycles. The van der Waals surface area contributed by atoms with Gasteiger partial charge in [-0.2, -0.15) is 0 Å². The number of anilines is 2. The second kappa shape index (κ2) is 9.68. The number of hydrogen-bond acceptors (Lipinski definition) is 8. The fourth-order valence-electron chi connectivity index (χ4n) is 3.31. The summed E-state index contributed by atoms with van der Waals surface area (Å²) in [6.45, 7) is 1.37. The molecule has 4 rings (SSSR count). The van der Waals surface area contributed by atoms with Gasteiger partial charge in [-0.1, -0.05) is 0 Å². The molecule has 170 valence electrons. The number of aromatic nitrogens is 1. The SMILES string of the molecule is NC(=C(C=NC1CC1)Oc1ccnc(Nc2ccc(S(N)(=O)=O)cc2)c1)C1CCOCC1. The first kappa shape index (κ1) is 22.3. The molecule has 0 bridgehead atoms. The van der Waals surface area contributed by atoms with Gasteiger partial charge in [0.05, 0.1) is 22.8 Å². The van der Waals surface area contributed by atoms with E-state index in [1.807, 2.05) is 0 Å². The Morgan fingerprint density at radius 1 is 1.16 bits per heavy atom. The minimum Gasteiger partial charge on any atom is -0.454 e. The summed E-state index contributed by atoms with van der Waals surface area (Å²) in [6, 6.07) is 9.94. The summed E-state index contributed by atoms with van der Waals surface area (Å²) in [7, 11) is -3.74. The summed E-state index contributed by atoms with van der Waals surface area (Å²) in [5.74, 6) is 1.85. The van der Waals surface area contributed by atoms with E-state index in [1.165, 1.54) is 12.1 Å². The van der Waals surface area contributed by atoms with Crippen molar-refractivity contribution in [1.82, 2.24) is 4.98 Å². The first-order chi connectivity index (χ1) is 15.4. The zero-order valence-corrected chi connectivity index (χ0v) is 18.4. The highest BCUT2D eigenvalue weighted by atomic mass is 32.2. The topological polar surface area (TPSA) is 142 Å². The molecular weight excluding hydrogens is 430 g/mol. The lowest BCUT2D eigenvalue weighted by Gasteiger charge is -2.23. The summed E-state index contributed by atoms with van der Waals surface area (Å²) in [5, 5.41) is 8.27. The molecule has 0 radical (unpaired) electrons. The van der Waals surface area contributed by atoms with Gasteiger partial charge in [-0.25, -0.2) is 18.5 Å². The predicted molar refractivity (Wildman–Crippen MR) is 122 cm³/mol. The third kappa shape index (κ3) is 6.06. The molecule has 5 N–H and O–H groups in total. The first-order valence-electron chi connectivity index (χ1n) is 10.5. The monoisotopic (exact) mass is 457 g/mol. The molecule has 1 aromatic heterocycles. The predicted octanol–water partition coefficient (Wildman–Crippen LogP) is 2.68. The van der Waals surface area contributed by atoms with Gasteiger partial charge in [-0.05, 0) is 56.0 Å². The van der Waals surface area contributed by atoms with Gasteiger partial charge in [0.15, 0.2) is 5.76 Å². The van der Waals surface area contributed by atoms with Gasteiger partial charge in [-0.3, -0.25) is 4.99 Å². The molecule has 1 aliphatic carbocycles. The maximum absolute atomic E-state index is 11.4. The number of benzene rings is 1. The van der Waals surface area contributed by atoms with Crippen LogP contribution in [0.1, 0.15) is 25.7 Å². The Labute approximate surface area is 187 Å². The Kier molecular flexibility index (Phi) is 6.73. The van der Waals surface area contributed by atoms with Gasteiger partial charge in [0, 0.05) is 37.1 Å². The molecule has 9 nitrogen and oxygen atoms in total. The third-order valence-corrected chi connectivity index (χ3v) is 6.24. The Balaban J connectivity index is 1.51. The van der Waals surface area contributed by atoms with Crippen LogP contribution in [0, 0.1) is 5.92 Å². The van der Waals surface area contributed by atoms with Crippen LogP contribution in [0.25, 0.3) is 0 Å². The Morgan fingerprint density at radius 3 is 2.53 bits per heavy atom. The van der Waals surface area contributed by atoms with Gasteiger partial charge in [0.2, 0.25) is 10.0 Å². The van der Waals surface area contributed by atoms with Gasteiger partial charge >= 0.3 is 0 Å². The van der Waals surface area contributed by atoms with Gasteiger partial charge in [-0.15, -0.1) is 0 Å². The van der Waals surface area contributed by atoms with Gasteiger partial charge < -0.3 is 20.5 Å². The number of pyridine rings is 1. The van der Waals surface area contributed by atoms with Crippen LogP contribution < -0.4 is 20.9 Å². The smallest absolute Gasteiger partial charge is 0.238 e. The minimum absolute atomic E-state index is 0.0430. The number of nitrogens with two attached hydrogens (primary N) is 2. The second-order valence-corrected chi connectivity index (χ2v) is 9.45. The van der Waals surface area contributed by atoms with Gasteiger partial charge in [0.25, 0.3) is 0 Å². The molecule has 1 saturated carbocycles. The number of hydrogen-bond donors (Lipinski definition) is 3. The van der Waals surface area contributed by atoms with Crippen LogP contribution in [0.15, 0.2) is 63.9 Å². The molecule has 2 aromatic rings. The number of rotatable bonds is 8. The fourth-order valence-corrected chi connectivity index (χ4v) is 3.83. The van der Waals surface area contributed by atoms with Gasteiger partial charge in [0.1, 0.15) is 11.6 Å². The molecule has 2 aliphatic rings. The van der Waals surface area contributed by atoms with Crippen molar-refractivity contribution in [2.45, 2.75) is 36.6 Å². The van der Waals surface area contributed by atoms with E-state index in [-0.39, 0.29) is 10.8 Å². The van der Waals surface area contributed by atoms with E-state index in [0.29, 0.717) is 48.0 Å². The summed E-state index contributed by atoms with van der Waals surface area (Å²) in [6.07, 6.45) is 7.25. The number of primary sulfonamides is 1. The van der Waals surface area contributed by atoms with Crippen LogP contribution in [0.4, 0.5) is 11.5 Å². The average Bonchev–Trinajstić information content (AvgIpc) is 3.61. The largest absolute Gasteiger partial charge is 0.454 e. The van der Waals surface area contributed by atoms with Crippen molar-refractivity contribution in [3.63, 3.8) is 0 Å². The molecule has 2 fully saturated rings. The number of nitrogens with one attached hydrogen (secondary N) is 1. The van der Waals surface area contributed by atoms with Crippen LogP contribution in [0.2, 0.25) is 0 Å². The van der Waals surface area contributed by atoms with Crippen molar-refractivity contribution in [3.05, 3.63) is 54.1 Å². The lowest BCUT2D eigenvalue weighted by molar-refractivity contribution is 0.0746. The number of sulfonamides is 1. The zero-order chi connectivity index (χ0) is 22.6. The molecule has 10 heteroatoms. The van der Waals surface area contributed by atoms with Crippen molar-refractivity contribution in [2.24, 2.45) is 21.8 Å². The lowest BCUT2D eigenvalue weighted by Crippen LogP contribution is -2.24. The summed E-state index contributed by atoms with van der Waals surface area (Å²) in [4.78, 5) is 8.90. The Bertz CT molecular complexity index is 1110. The molecule has 0 atom stereocenters. The van der Waals surface area contributed by atoms with Crippen LogP contribution in [0.3, 0.4) is 0 Å². The molecule has 0 spiro atoms. The summed E-state index contributed by atoms with van der Waals surface area (Å²) in [5.41, 5.74) is 7.82. The summed E-state index contributed by atoms with van der Waals surface area (Å²) >= 11 is 0. The van der Waals surface area contributed by atoms with E-state index in [2.05, 4.69) is 15.3 Å². The maximum atomic E-state index is 11.4. The maximum Gasteiger partial charge on any atom is 0.238 e. The van der Waals surface area contributed by atoms with Crippen LogP contribution in [-0.2, 0) is 14.8 Å². The van der Waals surface area contributed by atoms with E-state index >= 15 is 0 Å².